The molecule has 1 amide bonds. The molecule has 0 saturated heterocycles. The third kappa shape index (κ3) is 4.46. The van der Waals surface area contributed by atoms with Gasteiger partial charge in [0.05, 0.1) is 26.9 Å². The monoisotopic (exact) mass is 281 g/mol. The number of esters is 1. The molecule has 1 rings (SSSR count). The Labute approximate surface area is 118 Å². The predicted molar refractivity (Wildman–Crippen MR) is 73.1 cm³/mol. The average molecular weight is 281 g/mol. The van der Waals surface area contributed by atoms with E-state index in [2.05, 4.69) is 10.1 Å². The number of rotatable bonds is 7. The van der Waals surface area contributed by atoms with Crippen LogP contribution in [-0.2, 0) is 9.53 Å². The molecule has 0 atom stereocenters. The molecule has 0 aromatic heterocycles. The highest BCUT2D eigenvalue weighted by atomic mass is 16.5. The Morgan fingerprint density at radius 2 is 1.90 bits per heavy atom. The van der Waals surface area contributed by atoms with Crippen molar-refractivity contribution in [1.82, 2.24) is 5.32 Å². The van der Waals surface area contributed by atoms with Crippen LogP contribution in [0.1, 0.15) is 23.2 Å². The second-order valence-electron chi connectivity index (χ2n) is 4.00. The van der Waals surface area contributed by atoms with Crippen molar-refractivity contribution in [3.8, 4) is 11.5 Å². The van der Waals surface area contributed by atoms with E-state index in [0.29, 0.717) is 30.0 Å². The first-order chi connectivity index (χ1) is 9.62. The Hall–Kier alpha value is -2.24. The SMILES string of the molecule is COC(=O)CCCNC(=O)c1cc(OC)ccc1OC. The van der Waals surface area contributed by atoms with E-state index in [1.807, 2.05) is 0 Å². The van der Waals surface area contributed by atoms with Crippen molar-refractivity contribution >= 4 is 11.9 Å². The summed E-state index contributed by atoms with van der Waals surface area (Å²) < 4.78 is 14.7. The van der Waals surface area contributed by atoms with Crippen LogP contribution in [0, 0.1) is 0 Å². The van der Waals surface area contributed by atoms with Crippen molar-refractivity contribution in [3.05, 3.63) is 23.8 Å². The molecule has 0 aliphatic heterocycles. The zero-order chi connectivity index (χ0) is 15.0. The van der Waals surface area contributed by atoms with Gasteiger partial charge in [0.1, 0.15) is 11.5 Å². The predicted octanol–water partition coefficient (Wildman–Crippen LogP) is 1.39. The molecular formula is C14H19NO5. The largest absolute Gasteiger partial charge is 0.497 e. The molecule has 1 aromatic rings. The Balaban J connectivity index is 2.60. The molecule has 0 spiro atoms. The summed E-state index contributed by atoms with van der Waals surface area (Å²) in [5.74, 6) is 0.477. The summed E-state index contributed by atoms with van der Waals surface area (Å²) in [6.07, 6.45) is 0.788. The standard InChI is InChI=1S/C14H19NO5/c1-18-10-6-7-12(19-2)11(9-10)14(17)15-8-4-5-13(16)20-3/h6-7,9H,4-5,8H2,1-3H3,(H,15,17). The van der Waals surface area contributed by atoms with E-state index in [1.54, 1.807) is 18.2 Å². The number of hydrogen-bond acceptors (Lipinski definition) is 5. The van der Waals surface area contributed by atoms with Crippen LogP contribution in [0.2, 0.25) is 0 Å². The van der Waals surface area contributed by atoms with Crippen molar-refractivity contribution < 1.29 is 23.8 Å². The maximum absolute atomic E-state index is 12.0. The van der Waals surface area contributed by atoms with Gasteiger partial charge in [0.25, 0.3) is 5.91 Å². The summed E-state index contributed by atoms with van der Waals surface area (Å²) in [6.45, 7) is 0.383. The number of methoxy groups -OCH3 is 3. The van der Waals surface area contributed by atoms with E-state index in [0.717, 1.165) is 0 Å². The zero-order valence-corrected chi connectivity index (χ0v) is 11.9. The normalized spacial score (nSPS) is 9.75. The molecule has 0 aliphatic rings. The van der Waals surface area contributed by atoms with Gasteiger partial charge in [-0.05, 0) is 24.6 Å². The van der Waals surface area contributed by atoms with Crippen LogP contribution in [-0.4, -0.2) is 39.8 Å². The molecule has 0 heterocycles. The fourth-order valence-corrected chi connectivity index (χ4v) is 1.62. The number of hydrogen-bond donors (Lipinski definition) is 1. The summed E-state index contributed by atoms with van der Waals surface area (Å²) >= 11 is 0. The van der Waals surface area contributed by atoms with E-state index in [4.69, 9.17) is 9.47 Å². The Kier molecular flexibility index (Phi) is 6.36. The van der Waals surface area contributed by atoms with E-state index in [1.165, 1.54) is 21.3 Å². The summed E-state index contributed by atoms with van der Waals surface area (Å²) in [5.41, 5.74) is 0.393. The first-order valence-electron chi connectivity index (χ1n) is 6.19. The third-order valence-electron chi connectivity index (χ3n) is 2.72. The summed E-state index contributed by atoms with van der Waals surface area (Å²) in [4.78, 5) is 23.0. The molecule has 0 saturated carbocycles. The molecule has 110 valence electrons. The molecular weight excluding hydrogens is 262 g/mol. The minimum atomic E-state index is -0.293. The number of amides is 1. The minimum absolute atomic E-state index is 0.270. The van der Waals surface area contributed by atoms with Gasteiger partial charge < -0.3 is 19.5 Å². The number of nitrogens with one attached hydrogen (secondary N) is 1. The van der Waals surface area contributed by atoms with Crippen molar-refractivity contribution in [2.45, 2.75) is 12.8 Å². The van der Waals surface area contributed by atoms with Gasteiger partial charge in [-0.25, -0.2) is 0 Å². The van der Waals surface area contributed by atoms with Crippen LogP contribution < -0.4 is 14.8 Å². The van der Waals surface area contributed by atoms with E-state index >= 15 is 0 Å². The number of carbonyl (C=O) groups excluding carboxylic acids is 2. The second kappa shape index (κ2) is 8.04. The van der Waals surface area contributed by atoms with Crippen LogP contribution in [0.25, 0.3) is 0 Å². The van der Waals surface area contributed by atoms with Gasteiger partial charge in [0, 0.05) is 13.0 Å². The first-order valence-corrected chi connectivity index (χ1v) is 6.19. The maximum Gasteiger partial charge on any atom is 0.305 e. The Bertz CT molecular complexity index is 473. The van der Waals surface area contributed by atoms with Crippen molar-refractivity contribution in [1.29, 1.82) is 0 Å². The topological polar surface area (TPSA) is 73.9 Å². The Morgan fingerprint density at radius 1 is 1.15 bits per heavy atom. The van der Waals surface area contributed by atoms with Gasteiger partial charge in [-0.3, -0.25) is 9.59 Å². The quantitative estimate of drug-likeness (QED) is 0.604. The lowest BCUT2D eigenvalue weighted by molar-refractivity contribution is -0.140. The molecule has 0 bridgehead atoms. The fraction of sp³-hybridized carbons (Fsp3) is 0.429. The molecule has 1 aromatic carbocycles. The molecule has 0 unspecified atom stereocenters. The lowest BCUT2D eigenvalue weighted by Crippen LogP contribution is -2.25. The van der Waals surface area contributed by atoms with Crippen LogP contribution >= 0.6 is 0 Å². The van der Waals surface area contributed by atoms with Gasteiger partial charge in [-0.2, -0.15) is 0 Å². The van der Waals surface area contributed by atoms with E-state index < -0.39 is 0 Å². The van der Waals surface area contributed by atoms with E-state index in [-0.39, 0.29) is 18.3 Å². The number of ether oxygens (including phenoxy) is 3. The van der Waals surface area contributed by atoms with Gasteiger partial charge >= 0.3 is 5.97 Å². The molecule has 20 heavy (non-hydrogen) atoms. The smallest absolute Gasteiger partial charge is 0.305 e. The number of carbonyl (C=O) groups is 2. The first kappa shape index (κ1) is 15.8. The average Bonchev–Trinajstić information content (AvgIpc) is 2.50. The van der Waals surface area contributed by atoms with Gasteiger partial charge in [-0.1, -0.05) is 0 Å². The maximum atomic E-state index is 12.0. The van der Waals surface area contributed by atoms with Crippen molar-refractivity contribution in [2.24, 2.45) is 0 Å². The molecule has 6 heteroatoms. The summed E-state index contributed by atoms with van der Waals surface area (Å²) in [5, 5.41) is 2.72. The number of benzene rings is 1. The lowest BCUT2D eigenvalue weighted by atomic mass is 10.1. The molecule has 0 radical (unpaired) electrons. The highest BCUT2D eigenvalue weighted by molar-refractivity contribution is 5.97. The molecule has 0 fully saturated rings. The van der Waals surface area contributed by atoms with Crippen molar-refractivity contribution in [3.63, 3.8) is 0 Å². The highest BCUT2D eigenvalue weighted by Gasteiger charge is 2.13. The summed E-state index contributed by atoms with van der Waals surface area (Å²) in [7, 11) is 4.36. The fourth-order valence-electron chi connectivity index (χ4n) is 1.62. The zero-order valence-electron chi connectivity index (χ0n) is 11.9. The molecule has 6 nitrogen and oxygen atoms in total. The minimum Gasteiger partial charge on any atom is -0.497 e. The highest BCUT2D eigenvalue weighted by Crippen LogP contribution is 2.23. The van der Waals surface area contributed by atoms with E-state index in [9.17, 15) is 9.59 Å². The van der Waals surface area contributed by atoms with Crippen LogP contribution in [0.5, 0.6) is 11.5 Å². The van der Waals surface area contributed by atoms with Crippen LogP contribution in [0.15, 0.2) is 18.2 Å². The molecule has 1 N–H and O–H groups in total. The molecule has 0 aliphatic carbocycles. The van der Waals surface area contributed by atoms with Crippen LogP contribution in [0.3, 0.4) is 0 Å². The lowest BCUT2D eigenvalue weighted by Gasteiger charge is -2.10. The second-order valence-corrected chi connectivity index (χ2v) is 4.00. The van der Waals surface area contributed by atoms with Gasteiger partial charge in [0.2, 0.25) is 0 Å². The van der Waals surface area contributed by atoms with Crippen molar-refractivity contribution in [2.75, 3.05) is 27.9 Å². The summed E-state index contributed by atoms with van der Waals surface area (Å²) in [6, 6.07) is 4.99. The third-order valence-corrected chi connectivity index (χ3v) is 2.72. The van der Waals surface area contributed by atoms with Gasteiger partial charge in [-0.15, -0.1) is 0 Å². The van der Waals surface area contributed by atoms with Gasteiger partial charge in [0.15, 0.2) is 0 Å². The van der Waals surface area contributed by atoms with Crippen LogP contribution in [0.4, 0.5) is 0 Å². The Morgan fingerprint density at radius 3 is 2.50 bits per heavy atom.